The summed E-state index contributed by atoms with van der Waals surface area (Å²) in [6.07, 6.45) is -0.514. The van der Waals surface area contributed by atoms with Crippen LogP contribution in [0.4, 0.5) is 0 Å². The summed E-state index contributed by atoms with van der Waals surface area (Å²) >= 11 is 5.98. The van der Waals surface area contributed by atoms with Crippen molar-refractivity contribution in [1.82, 2.24) is 9.80 Å². The van der Waals surface area contributed by atoms with E-state index in [2.05, 4.69) is 9.80 Å². The molecule has 2 rings (SSSR count). The van der Waals surface area contributed by atoms with Crippen LogP contribution in [-0.2, 0) is 0 Å². The van der Waals surface area contributed by atoms with Crippen LogP contribution >= 0.6 is 11.6 Å². The second-order valence-corrected chi connectivity index (χ2v) is 6.15. The van der Waals surface area contributed by atoms with Gasteiger partial charge in [-0.25, -0.2) is 0 Å². The molecule has 124 valence electrons. The van der Waals surface area contributed by atoms with Gasteiger partial charge in [0.05, 0.1) is 6.61 Å². The molecule has 6 heteroatoms. The van der Waals surface area contributed by atoms with Crippen molar-refractivity contribution in [3.05, 3.63) is 28.8 Å². The number of aryl methyl sites for hydroxylation is 1. The molecular weight excluding hydrogens is 304 g/mol. The van der Waals surface area contributed by atoms with E-state index in [-0.39, 0.29) is 13.2 Å². The third-order valence-corrected chi connectivity index (χ3v) is 4.35. The smallest absolute Gasteiger partial charge is 0.119 e. The summed E-state index contributed by atoms with van der Waals surface area (Å²) in [7, 11) is 0. The Morgan fingerprint density at radius 1 is 1.23 bits per heavy atom. The van der Waals surface area contributed by atoms with E-state index in [0.29, 0.717) is 11.6 Å². The monoisotopic (exact) mass is 328 g/mol. The summed E-state index contributed by atoms with van der Waals surface area (Å²) < 4.78 is 5.63. The Morgan fingerprint density at radius 3 is 2.55 bits per heavy atom. The number of aliphatic hydroxyl groups excluding tert-OH is 2. The Bertz CT molecular complexity index is 465. The van der Waals surface area contributed by atoms with Crippen molar-refractivity contribution in [2.24, 2.45) is 0 Å². The van der Waals surface area contributed by atoms with Gasteiger partial charge >= 0.3 is 0 Å². The first-order valence-electron chi connectivity index (χ1n) is 7.71. The van der Waals surface area contributed by atoms with Crippen molar-refractivity contribution in [2.75, 3.05) is 52.5 Å². The van der Waals surface area contributed by atoms with Crippen LogP contribution in [0.15, 0.2) is 18.2 Å². The quantitative estimate of drug-likeness (QED) is 0.782. The molecule has 1 saturated heterocycles. The molecule has 22 heavy (non-hydrogen) atoms. The normalized spacial score (nSPS) is 18.4. The molecular formula is C16H25ClN2O3. The number of ether oxygens (including phenoxy) is 1. The lowest BCUT2D eigenvalue weighted by Gasteiger charge is -2.35. The van der Waals surface area contributed by atoms with Crippen LogP contribution in [0.1, 0.15) is 5.56 Å². The molecule has 1 aliphatic rings. The minimum atomic E-state index is -0.514. The molecule has 2 N–H and O–H groups in total. The van der Waals surface area contributed by atoms with Gasteiger partial charge in [0.1, 0.15) is 18.5 Å². The molecule has 0 radical (unpaired) electrons. The van der Waals surface area contributed by atoms with Gasteiger partial charge in [0.15, 0.2) is 0 Å². The highest BCUT2D eigenvalue weighted by Gasteiger charge is 2.19. The Kier molecular flexibility index (Phi) is 6.92. The first kappa shape index (κ1) is 17.5. The van der Waals surface area contributed by atoms with Gasteiger partial charge in [-0.15, -0.1) is 0 Å². The summed E-state index contributed by atoms with van der Waals surface area (Å²) in [5.74, 6) is 0.730. The van der Waals surface area contributed by atoms with Gasteiger partial charge in [0, 0.05) is 44.3 Å². The highest BCUT2D eigenvalue weighted by atomic mass is 35.5. The second kappa shape index (κ2) is 8.70. The van der Waals surface area contributed by atoms with Crippen molar-refractivity contribution in [3.8, 4) is 5.75 Å². The van der Waals surface area contributed by atoms with Crippen molar-refractivity contribution in [2.45, 2.75) is 13.0 Å². The molecule has 1 atom stereocenters. The number of aliphatic hydroxyl groups is 2. The van der Waals surface area contributed by atoms with Gasteiger partial charge in [-0.05, 0) is 30.7 Å². The average molecular weight is 329 g/mol. The fourth-order valence-electron chi connectivity index (χ4n) is 2.59. The molecule has 0 saturated carbocycles. The lowest BCUT2D eigenvalue weighted by molar-refractivity contribution is 0.0428. The standard InChI is InChI=1S/C16H25ClN2O3/c1-13-10-15(2-3-16(13)17)22-12-14(21)11-19-6-4-18(5-7-19)8-9-20/h2-3,10,14,20-21H,4-9,11-12H2,1H3/t14-/m1/s1. The van der Waals surface area contributed by atoms with E-state index >= 15 is 0 Å². The minimum absolute atomic E-state index is 0.205. The van der Waals surface area contributed by atoms with Crippen molar-refractivity contribution < 1.29 is 14.9 Å². The fraction of sp³-hybridized carbons (Fsp3) is 0.625. The Morgan fingerprint density at radius 2 is 1.91 bits per heavy atom. The van der Waals surface area contributed by atoms with Gasteiger partial charge in [-0.1, -0.05) is 11.6 Å². The largest absolute Gasteiger partial charge is 0.491 e. The molecule has 5 nitrogen and oxygen atoms in total. The lowest BCUT2D eigenvalue weighted by Crippen LogP contribution is -2.49. The second-order valence-electron chi connectivity index (χ2n) is 5.74. The summed E-state index contributed by atoms with van der Waals surface area (Å²) in [6, 6.07) is 5.50. The van der Waals surface area contributed by atoms with Gasteiger partial charge in [-0.3, -0.25) is 9.80 Å². The van der Waals surface area contributed by atoms with E-state index < -0.39 is 6.10 Å². The zero-order chi connectivity index (χ0) is 15.9. The number of rotatable bonds is 7. The van der Waals surface area contributed by atoms with E-state index in [0.717, 1.165) is 44.0 Å². The van der Waals surface area contributed by atoms with Crippen molar-refractivity contribution in [1.29, 1.82) is 0 Å². The molecule has 0 aromatic heterocycles. The van der Waals surface area contributed by atoms with E-state index in [1.807, 2.05) is 19.1 Å². The first-order chi connectivity index (χ1) is 10.6. The molecule has 1 heterocycles. The molecule has 0 bridgehead atoms. The number of halogens is 1. The zero-order valence-electron chi connectivity index (χ0n) is 13.0. The molecule has 0 aliphatic carbocycles. The number of β-amino-alcohol motifs (C(OH)–C–C–N with tert-alkyl or cyclic N) is 2. The maximum atomic E-state index is 10.1. The maximum Gasteiger partial charge on any atom is 0.119 e. The Hall–Kier alpha value is -0.850. The molecule has 1 aromatic carbocycles. The predicted molar refractivity (Wildman–Crippen MR) is 87.7 cm³/mol. The predicted octanol–water partition coefficient (Wildman–Crippen LogP) is 0.998. The SMILES string of the molecule is Cc1cc(OC[C@H](O)CN2CCN(CCO)CC2)ccc1Cl. The topological polar surface area (TPSA) is 56.2 Å². The third-order valence-electron chi connectivity index (χ3n) is 3.92. The van der Waals surface area contributed by atoms with Gasteiger partial charge in [-0.2, -0.15) is 0 Å². The number of hydrogen-bond acceptors (Lipinski definition) is 5. The van der Waals surface area contributed by atoms with Crippen LogP contribution in [0.3, 0.4) is 0 Å². The summed E-state index contributed by atoms with van der Waals surface area (Å²) in [6.45, 7) is 7.45. The van der Waals surface area contributed by atoms with Gasteiger partial charge in [0.2, 0.25) is 0 Å². The highest BCUT2D eigenvalue weighted by Crippen LogP contribution is 2.21. The van der Waals surface area contributed by atoms with E-state index in [9.17, 15) is 5.11 Å². The summed E-state index contributed by atoms with van der Waals surface area (Å²) in [5.41, 5.74) is 0.966. The first-order valence-corrected chi connectivity index (χ1v) is 8.09. The number of piperazine rings is 1. The number of benzene rings is 1. The van der Waals surface area contributed by atoms with E-state index in [4.69, 9.17) is 21.4 Å². The van der Waals surface area contributed by atoms with Crippen LogP contribution in [-0.4, -0.2) is 78.6 Å². The minimum Gasteiger partial charge on any atom is -0.491 e. The van der Waals surface area contributed by atoms with Crippen LogP contribution in [0, 0.1) is 6.92 Å². The summed E-state index contributed by atoms with van der Waals surface area (Å²) in [4.78, 5) is 4.46. The number of hydrogen-bond donors (Lipinski definition) is 2. The number of nitrogens with zero attached hydrogens (tertiary/aromatic N) is 2. The van der Waals surface area contributed by atoms with Crippen LogP contribution in [0.5, 0.6) is 5.75 Å². The van der Waals surface area contributed by atoms with Gasteiger partial charge in [0.25, 0.3) is 0 Å². The average Bonchev–Trinajstić information content (AvgIpc) is 2.51. The maximum absolute atomic E-state index is 10.1. The highest BCUT2D eigenvalue weighted by molar-refractivity contribution is 6.31. The fourth-order valence-corrected chi connectivity index (χ4v) is 2.70. The summed E-state index contributed by atoms with van der Waals surface area (Å²) in [5, 5.41) is 19.8. The van der Waals surface area contributed by atoms with E-state index in [1.165, 1.54) is 0 Å². The molecule has 0 amide bonds. The molecule has 0 spiro atoms. The van der Waals surface area contributed by atoms with Crippen LogP contribution in [0.2, 0.25) is 5.02 Å². The van der Waals surface area contributed by atoms with Crippen molar-refractivity contribution in [3.63, 3.8) is 0 Å². The molecule has 1 aromatic rings. The zero-order valence-corrected chi connectivity index (χ0v) is 13.8. The lowest BCUT2D eigenvalue weighted by atomic mass is 10.2. The Labute approximate surface area is 137 Å². The van der Waals surface area contributed by atoms with E-state index in [1.54, 1.807) is 6.07 Å². The Balaban J connectivity index is 1.69. The third kappa shape index (κ3) is 5.41. The molecule has 1 aliphatic heterocycles. The van der Waals surface area contributed by atoms with Crippen LogP contribution < -0.4 is 4.74 Å². The molecule has 0 unspecified atom stereocenters. The van der Waals surface area contributed by atoms with Crippen molar-refractivity contribution >= 4 is 11.6 Å². The molecule has 1 fully saturated rings. The van der Waals surface area contributed by atoms with Crippen LogP contribution in [0.25, 0.3) is 0 Å². The van der Waals surface area contributed by atoms with Gasteiger partial charge < -0.3 is 14.9 Å².